The van der Waals surface area contributed by atoms with E-state index in [4.69, 9.17) is 0 Å². The number of unbranched alkanes of at least 4 members (excludes halogenated alkanes) is 1. The van der Waals surface area contributed by atoms with Crippen LogP contribution >= 0.6 is 0 Å². The van der Waals surface area contributed by atoms with E-state index in [1.807, 2.05) is 0 Å². The molecule has 1 aromatic carbocycles. The van der Waals surface area contributed by atoms with Gasteiger partial charge in [0, 0.05) is 12.1 Å². The van der Waals surface area contributed by atoms with Crippen LogP contribution in [0.3, 0.4) is 0 Å². The molecule has 1 N–H and O–H groups in total. The maximum Gasteiger partial charge on any atom is 0.0322 e. The molecule has 0 aromatic heterocycles. The number of rotatable bonds is 8. The first-order valence-corrected chi connectivity index (χ1v) is 7.08. The van der Waals surface area contributed by atoms with E-state index in [1.54, 1.807) is 0 Å². The molecule has 17 heavy (non-hydrogen) atoms. The highest BCUT2D eigenvalue weighted by molar-refractivity contribution is 5.18. The molecular weight excluding hydrogens is 206 g/mol. The minimum atomic E-state index is 0.521. The van der Waals surface area contributed by atoms with Crippen molar-refractivity contribution in [1.82, 2.24) is 5.32 Å². The molecule has 0 heterocycles. The van der Waals surface area contributed by atoms with Gasteiger partial charge in [0.2, 0.25) is 0 Å². The zero-order valence-electron chi connectivity index (χ0n) is 11.6. The van der Waals surface area contributed by atoms with Gasteiger partial charge in [0.1, 0.15) is 0 Å². The van der Waals surface area contributed by atoms with E-state index in [1.165, 1.54) is 37.7 Å². The van der Waals surface area contributed by atoms with Gasteiger partial charge in [0.15, 0.2) is 0 Å². The first-order chi connectivity index (χ1) is 8.27. The van der Waals surface area contributed by atoms with Crippen molar-refractivity contribution in [3.05, 3.63) is 35.9 Å². The van der Waals surface area contributed by atoms with Gasteiger partial charge in [-0.15, -0.1) is 0 Å². The van der Waals surface area contributed by atoms with Crippen molar-refractivity contribution in [3.8, 4) is 0 Å². The summed E-state index contributed by atoms with van der Waals surface area (Å²) >= 11 is 0. The van der Waals surface area contributed by atoms with E-state index >= 15 is 0 Å². The summed E-state index contributed by atoms with van der Waals surface area (Å²) < 4.78 is 0. The SMILES string of the molecule is CCCCC(C)NC(CCC)c1ccccc1. The molecule has 2 unspecified atom stereocenters. The van der Waals surface area contributed by atoms with Gasteiger partial charge in [0.05, 0.1) is 0 Å². The van der Waals surface area contributed by atoms with Gasteiger partial charge in [-0.05, 0) is 25.3 Å². The normalized spacial score (nSPS) is 14.5. The first-order valence-electron chi connectivity index (χ1n) is 7.08. The fraction of sp³-hybridized carbons (Fsp3) is 0.625. The third-order valence-electron chi connectivity index (χ3n) is 3.26. The fourth-order valence-electron chi connectivity index (χ4n) is 2.26. The fourth-order valence-corrected chi connectivity index (χ4v) is 2.26. The summed E-state index contributed by atoms with van der Waals surface area (Å²) in [6, 6.07) is 12.0. The van der Waals surface area contributed by atoms with Crippen molar-refractivity contribution in [2.24, 2.45) is 0 Å². The van der Waals surface area contributed by atoms with Gasteiger partial charge in [0.25, 0.3) is 0 Å². The summed E-state index contributed by atoms with van der Waals surface area (Å²) in [6.45, 7) is 6.82. The van der Waals surface area contributed by atoms with Gasteiger partial charge in [-0.1, -0.05) is 63.4 Å². The summed E-state index contributed by atoms with van der Waals surface area (Å²) in [5.41, 5.74) is 1.43. The average molecular weight is 233 g/mol. The Labute approximate surface area is 107 Å². The van der Waals surface area contributed by atoms with Crippen molar-refractivity contribution < 1.29 is 0 Å². The van der Waals surface area contributed by atoms with E-state index in [0.717, 1.165) is 0 Å². The van der Waals surface area contributed by atoms with Gasteiger partial charge in [-0.3, -0.25) is 0 Å². The highest BCUT2D eigenvalue weighted by Crippen LogP contribution is 2.19. The molecule has 0 aliphatic carbocycles. The molecule has 0 saturated heterocycles. The molecule has 1 rings (SSSR count). The lowest BCUT2D eigenvalue weighted by Crippen LogP contribution is -2.30. The van der Waals surface area contributed by atoms with Crippen LogP contribution in [0.2, 0.25) is 0 Å². The zero-order valence-corrected chi connectivity index (χ0v) is 11.6. The summed E-state index contributed by atoms with van der Waals surface area (Å²) in [7, 11) is 0. The van der Waals surface area contributed by atoms with Crippen molar-refractivity contribution in [2.45, 2.75) is 65.0 Å². The lowest BCUT2D eigenvalue weighted by molar-refractivity contribution is 0.407. The molecule has 0 fully saturated rings. The van der Waals surface area contributed by atoms with Crippen molar-refractivity contribution in [2.75, 3.05) is 0 Å². The molecule has 0 radical (unpaired) electrons. The average Bonchev–Trinajstić information content (AvgIpc) is 2.37. The molecule has 1 nitrogen and oxygen atoms in total. The molecule has 2 atom stereocenters. The monoisotopic (exact) mass is 233 g/mol. The van der Waals surface area contributed by atoms with Crippen LogP contribution in [0.25, 0.3) is 0 Å². The second-order valence-corrected chi connectivity index (χ2v) is 4.96. The van der Waals surface area contributed by atoms with E-state index < -0.39 is 0 Å². The topological polar surface area (TPSA) is 12.0 Å². The summed E-state index contributed by atoms with van der Waals surface area (Å²) in [5.74, 6) is 0. The Morgan fingerprint density at radius 3 is 2.29 bits per heavy atom. The zero-order chi connectivity index (χ0) is 12.5. The van der Waals surface area contributed by atoms with Crippen LogP contribution in [-0.4, -0.2) is 6.04 Å². The van der Waals surface area contributed by atoms with Gasteiger partial charge in [-0.2, -0.15) is 0 Å². The van der Waals surface area contributed by atoms with Crippen molar-refractivity contribution in [1.29, 1.82) is 0 Å². The van der Waals surface area contributed by atoms with Crippen LogP contribution < -0.4 is 5.32 Å². The summed E-state index contributed by atoms with van der Waals surface area (Å²) in [6.07, 6.45) is 6.34. The summed E-state index contributed by atoms with van der Waals surface area (Å²) in [4.78, 5) is 0. The van der Waals surface area contributed by atoms with E-state index in [-0.39, 0.29) is 0 Å². The molecule has 0 aliphatic rings. The molecule has 0 amide bonds. The molecule has 96 valence electrons. The molecule has 0 saturated carbocycles. The second kappa shape index (κ2) is 8.30. The Balaban J connectivity index is 2.54. The Morgan fingerprint density at radius 2 is 1.71 bits per heavy atom. The van der Waals surface area contributed by atoms with Crippen molar-refractivity contribution >= 4 is 0 Å². The van der Waals surface area contributed by atoms with E-state index in [2.05, 4.69) is 56.4 Å². The lowest BCUT2D eigenvalue weighted by atomic mass is 10.0. The summed E-state index contributed by atoms with van der Waals surface area (Å²) in [5, 5.41) is 3.77. The number of benzene rings is 1. The highest BCUT2D eigenvalue weighted by Gasteiger charge is 2.12. The molecule has 0 bridgehead atoms. The van der Waals surface area contributed by atoms with Crippen LogP contribution in [0.4, 0.5) is 0 Å². The maximum atomic E-state index is 3.77. The van der Waals surface area contributed by atoms with Crippen LogP contribution in [0, 0.1) is 0 Å². The number of hydrogen-bond acceptors (Lipinski definition) is 1. The third kappa shape index (κ3) is 5.36. The predicted octanol–water partition coefficient (Wildman–Crippen LogP) is 4.70. The van der Waals surface area contributed by atoms with E-state index in [0.29, 0.717) is 12.1 Å². The molecule has 1 heteroatoms. The third-order valence-corrected chi connectivity index (χ3v) is 3.26. The van der Waals surface area contributed by atoms with Crippen LogP contribution in [0.5, 0.6) is 0 Å². The first kappa shape index (κ1) is 14.2. The quantitative estimate of drug-likeness (QED) is 0.686. The molecule has 0 aliphatic heterocycles. The number of hydrogen-bond donors (Lipinski definition) is 1. The maximum absolute atomic E-state index is 3.77. The standard InChI is InChI=1S/C16H27N/c1-4-6-11-14(3)17-16(10-5-2)15-12-8-7-9-13-15/h7-9,12-14,16-17H,4-6,10-11H2,1-3H3. The van der Waals surface area contributed by atoms with Crippen LogP contribution in [0.15, 0.2) is 30.3 Å². The molecular formula is C16H27N. The van der Waals surface area contributed by atoms with Gasteiger partial charge >= 0.3 is 0 Å². The minimum absolute atomic E-state index is 0.521. The second-order valence-electron chi connectivity index (χ2n) is 4.96. The Hall–Kier alpha value is -0.820. The highest BCUT2D eigenvalue weighted by atomic mass is 14.9. The van der Waals surface area contributed by atoms with Gasteiger partial charge in [-0.25, -0.2) is 0 Å². The smallest absolute Gasteiger partial charge is 0.0322 e. The Bertz CT molecular complexity index is 281. The molecule has 0 spiro atoms. The van der Waals surface area contributed by atoms with Crippen molar-refractivity contribution in [3.63, 3.8) is 0 Å². The Morgan fingerprint density at radius 1 is 1.00 bits per heavy atom. The lowest BCUT2D eigenvalue weighted by Gasteiger charge is -2.23. The number of nitrogens with one attached hydrogen (secondary N) is 1. The minimum Gasteiger partial charge on any atom is -0.307 e. The van der Waals surface area contributed by atoms with Crippen LogP contribution in [-0.2, 0) is 0 Å². The van der Waals surface area contributed by atoms with Crippen LogP contribution in [0.1, 0.15) is 64.5 Å². The van der Waals surface area contributed by atoms with E-state index in [9.17, 15) is 0 Å². The predicted molar refractivity (Wildman–Crippen MR) is 76.2 cm³/mol. The molecule has 1 aromatic rings. The van der Waals surface area contributed by atoms with Gasteiger partial charge < -0.3 is 5.32 Å². The Kier molecular flexibility index (Phi) is 6.95. The largest absolute Gasteiger partial charge is 0.307 e.